The average molecular weight is 375 g/mol. The normalized spacial score (nSPS) is 11.7. The molecule has 0 unspecified atom stereocenters. The van der Waals surface area contributed by atoms with Crippen molar-refractivity contribution in [3.63, 3.8) is 0 Å². The summed E-state index contributed by atoms with van der Waals surface area (Å²) in [6, 6.07) is 6.47. The predicted molar refractivity (Wildman–Crippen MR) is 91.8 cm³/mol. The molecule has 0 amide bonds. The van der Waals surface area contributed by atoms with Gasteiger partial charge in [0.05, 0.1) is 11.9 Å². The molecule has 1 aromatic carbocycles. The Morgan fingerprint density at radius 1 is 1.22 bits per heavy atom. The van der Waals surface area contributed by atoms with Crippen LogP contribution in [0.3, 0.4) is 0 Å². The number of anilines is 2. The number of benzene rings is 1. The van der Waals surface area contributed by atoms with Gasteiger partial charge in [-0.05, 0) is 29.7 Å². The van der Waals surface area contributed by atoms with Crippen molar-refractivity contribution in [3.05, 3.63) is 40.8 Å². The number of halogens is 2. The second-order valence-electron chi connectivity index (χ2n) is 5.20. The molecule has 0 bridgehead atoms. The predicted octanol–water partition coefficient (Wildman–Crippen LogP) is 3.46. The van der Waals surface area contributed by atoms with Crippen molar-refractivity contribution in [1.82, 2.24) is 14.7 Å². The molecule has 1 heterocycles. The molecule has 0 spiro atoms. The van der Waals surface area contributed by atoms with Crippen LogP contribution in [0.1, 0.15) is 13.8 Å². The number of nitrogens with zero attached hydrogens (tertiary/aromatic N) is 2. The lowest BCUT2D eigenvalue weighted by atomic mass is 10.2. The van der Waals surface area contributed by atoms with Crippen LogP contribution in [0, 0.1) is 5.92 Å². The summed E-state index contributed by atoms with van der Waals surface area (Å²) in [6.07, 6.45) is 1.34. The van der Waals surface area contributed by atoms with Gasteiger partial charge in [-0.1, -0.05) is 37.6 Å². The van der Waals surface area contributed by atoms with Crippen molar-refractivity contribution in [2.45, 2.75) is 18.7 Å². The molecule has 0 atom stereocenters. The number of hydrogen-bond acceptors (Lipinski definition) is 5. The summed E-state index contributed by atoms with van der Waals surface area (Å²) in [4.78, 5) is 7.82. The smallest absolute Gasteiger partial charge is 0.242 e. The molecule has 1 aromatic heterocycles. The second kappa shape index (κ2) is 7.44. The van der Waals surface area contributed by atoms with Crippen molar-refractivity contribution in [2.24, 2.45) is 5.92 Å². The molecule has 124 valence electrons. The second-order valence-corrected chi connectivity index (χ2v) is 7.68. The molecule has 2 aromatic rings. The van der Waals surface area contributed by atoms with Crippen LogP contribution in [0.15, 0.2) is 35.4 Å². The van der Waals surface area contributed by atoms with Gasteiger partial charge in [-0.25, -0.2) is 18.1 Å². The molecule has 6 nitrogen and oxygen atoms in total. The lowest BCUT2D eigenvalue weighted by molar-refractivity contribution is 0.560. The van der Waals surface area contributed by atoms with E-state index >= 15 is 0 Å². The van der Waals surface area contributed by atoms with E-state index in [-0.39, 0.29) is 26.9 Å². The van der Waals surface area contributed by atoms with Crippen LogP contribution in [0.25, 0.3) is 0 Å². The summed E-state index contributed by atoms with van der Waals surface area (Å²) >= 11 is 11.8. The Morgan fingerprint density at radius 3 is 2.61 bits per heavy atom. The van der Waals surface area contributed by atoms with E-state index in [9.17, 15) is 8.42 Å². The number of nitrogens with one attached hydrogen (secondary N) is 2. The third-order valence-electron chi connectivity index (χ3n) is 2.83. The quantitative estimate of drug-likeness (QED) is 0.756. The Bertz CT molecular complexity index is 797. The molecule has 0 radical (unpaired) electrons. The van der Waals surface area contributed by atoms with E-state index in [2.05, 4.69) is 20.0 Å². The summed E-state index contributed by atoms with van der Waals surface area (Å²) in [5.41, 5.74) is 0.348. The standard InChI is InChI=1S/C14H16Cl2N4O2S/c1-9(2)7-18-23(21,22)12-6-4-3-5-11(12)19-13-10(15)8-17-14(16)20-13/h3-6,8-9,18H,7H2,1-2H3,(H,17,19,20). The first kappa shape index (κ1) is 17.9. The molecule has 0 aliphatic heterocycles. The molecule has 0 saturated heterocycles. The van der Waals surface area contributed by atoms with Gasteiger partial charge in [0.2, 0.25) is 15.3 Å². The molecule has 0 saturated carbocycles. The van der Waals surface area contributed by atoms with Crippen LogP contribution in [0.5, 0.6) is 0 Å². The molecule has 0 aliphatic rings. The monoisotopic (exact) mass is 374 g/mol. The van der Waals surface area contributed by atoms with Gasteiger partial charge < -0.3 is 5.32 Å². The van der Waals surface area contributed by atoms with Crippen molar-refractivity contribution in [2.75, 3.05) is 11.9 Å². The number of para-hydroxylation sites is 1. The van der Waals surface area contributed by atoms with Gasteiger partial charge in [0.1, 0.15) is 9.92 Å². The van der Waals surface area contributed by atoms with Gasteiger partial charge in [0.15, 0.2) is 5.82 Å². The largest absolute Gasteiger partial charge is 0.338 e. The Labute approximate surface area is 145 Å². The van der Waals surface area contributed by atoms with Crippen molar-refractivity contribution in [3.8, 4) is 0 Å². The number of aromatic nitrogens is 2. The maximum atomic E-state index is 12.5. The van der Waals surface area contributed by atoms with Gasteiger partial charge in [-0.3, -0.25) is 0 Å². The van der Waals surface area contributed by atoms with Crippen molar-refractivity contribution < 1.29 is 8.42 Å². The van der Waals surface area contributed by atoms with E-state index in [1.165, 1.54) is 12.3 Å². The van der Waals surface area contributed by atoms with Crippen LogP contribution in [-0.2, 0) is 10.0 Å². The summed E-state index contributed by atoms with van der Waals surface area (Å²) in [5.74, 6) is 0.429. The van der Waals surface area contributed by atoms with E-state index < -0.39 is 10.0 Å². The molecule has 0 fully saturated rings. The fourth-order valence-electron chi connectivity index (χ4n) is 1.72. The minimum atomic E-state index is -3.66. The van der Waals surface area contributed by atoms with Crippen molar-refractivity contribution in [1.29, 1.82) is 0 Å². The maximum absolute atomic E-state index is 12.5. The summed E-state index contributed by atoms with van der Waals surface area (Å²) < 4.78 is 27.5. The molecule has 0 aliphatic carbocycles. The summed E-state index contributed by atoms with van der Waals surface area (Å²) in [7, 11) is -3.66. The van der Waals surface area contributed by atoms with E-state index in [4.69, 9.17) is 23.2 Å². The lowest BCUT2D eigenvalue weighted by Gasteiger charge is -2.14. The highest BCUT2D eigenvalue weighted by atomic mass is 35.5. The number of rotatable bonds is 6. The van der Waals surface area contributed by atoms with Crippen LogP contribution >= 0.6 is 23.2 Å². The van der Waals surface area contributed by atoms with Gasteiger partial charge in [-0.2, -0.15) is 4.98 Å². The number of hydrogen-bond donors (Lipinski definition) is 2. The van der Waals surface area contributed by atoms with E-state index in [0.717, 1.165) is 0 Å². The fourth-order valence-corrected chi connectivity index (χ4v) is 3.37. The minimum Gasteiger partial charge on any atom is -0.338 e. The first-order valence-corrected chi connectivity index (χ1v) is 9.07. The zero-order valence-electron chi connectivity index (χ0n) is 12.5. The Hall–Kier alpha value is -1.41. The third kappa shape index (κ3) is 4.78. The zero-order valence-corrected chi connectivity index (χ0v) is 14.9. The highest BCUT2D eigenvalue weighted by molar-refractivity contribution is 7.89. The Morgan fingerprint density at radius 2 is 1.91 bits per heavy atom. The Kier molecular flexibility index (Phi) is 5.80. The Balaban J connectivity index is 2.36. The fraction of sp³-hybridized carbons (Fsp3) is 0.286. The van der Waals surface area contributed by atoms with E-state index in [1.54, 1.807) is 18.2 Å². The lowest BCUT2D eigenvalue weighted by Crippen LogP contribution is -2.28. The molecule has 2 N–H and O–H groups in total. The van der Waals surface area contributed by atoms with Crippen molar-refractivity contribution >= 4 is 44.7 Å². The van der Waals surface area contributed by atoms with Crippen LogP contribution in [0.4, 0.5) is 11.5 Å². The molecule has 2 rings (SSSR count). The van der Waals surface area contributed by atoms with Gasteiger partial charge in [-0.15, -0.1) is 0 Å². The topological polar surface area (TPSA) is 84.0 Å². The maximum Gasteiger partial charge on any atom is 0.242 e. The van der Waals surface area contributed by atoms with Gasteiger partial charge >= 0.3 is 0 Å². The number of sulfonamides is 1. The summed E-state index contributed by atoms with van der Waals surface area (Å²) in [5, 5.41) is 3.13. The van der Waals surface area contributed by atoms with Gasteiger partial charge in [0.25, 0.3) is 0 Å². The summed E-state index contributed by atoms with van der Waals surface area (Å²) in [6.45, 7) is 4.20. The van der Waals surface area contributed by atoms with Crippen LogP contribution < -0.4 is 10.0 Å². The molecular formula is C14H16Cl2N4O2S. The first-order chi connectivity index (χ1) is 10.8. The highest BCUT2D eigenvalue weighted by Crippen LogP contribution is 2.28. The first-order valence-electron chi connectivity index (χ1n) is 6.83. The van der Waals surface area contributed by atoms with E-state index in [1.807, 2.05) is 13.8 Å². The van der Waals surface area contributed by atoms with Gasteiger partial charge in [0, 0.05) is 6.54 Å². The molecule has 23 heavy (non-hydrogen) atoms. The van der Waals surface area contributed by atoms with Crippen LogP contribution in [0.2, 0.25) is 10.3 Å². The van der Waals surface area contributed by atoms with E-state index in [0.29, 0.717) is 12.2 Å². The minimum absolute atomic E-state index is 0.00942. The van der Waals surface area contributed by atoms with Crippen LogP contribution in [-0.4, -0.2) is 24.9 Å². The molecule has 9 heteroatoms. The SMILES string of the molecule is CC(C)CNS(=O)(=O)c1ccccc1Nc1nc(Cl)ncc1Cl. The average Bonchev–Trinajstić information content (AvgIpc) is 2.49. The molecular weight excluding hydrogens is 359 g/mol. The third-order valence-corrected chi connectivity index (χ3v) is 4.77. The zero-order chi connectivity index (χ0) is 17.0. The highest BCUT2D eigenvalue weighted by Gasteiger charge is 2.19.